The van der Waals surface area contributed by atoms with Crippen molar-refractivity contribution in [3.63, 3.8) is 0 Å². The summed E-state index contributed by atoms with van der Waals surface area (Å²) in [6, 6.07) is 3.59. The molecule has 0 radical (unpaired) electrons. The van der Waals surface area contributed by atoms with Gasteiger partial charge in [0.25, 0.3) is 10.0 Å². The van der Waals surface area contributed by atoms with Gasteiger partial charge in [0.15, 0.2) is 0 Å². The van der Waals surface area contributed by atoms with E-state index >= 15 is 0 Å². The number of nitrogens with zero attached hydrogens (tertiary/aromatic N) is 3. The van der Waals surface area contributed by atoms with E-state index in [-0.39, 0.29) is 17.3 Å². The summed E-state index contributed by atoms with van der Waals surface area (Å²) in [6.45, 7) is 3.12. The number of hydrogen-bond donors (Lipinski definition) is 1. The van der Waals surface area contributed by atoms with Crippen molar-refractivity contribution in [2.75, 3.05) is 0 Å². The zero-order valence-corrected chi connectivity index (χ0v) is 15.0. The van der Waals surface area contributed by atoms with Gasteiger partial charge in [0, 0.05) is 13.2 Å². The second kappa shape index (κ2) is 6.37. The Morgan fingerprint density at radius 2 is 2.04 bits per heavy atom. The van der Waals surface area contributed by atoms with Crippen molar-refractivity contribution in [1.82, 2.24) is 19.5 Å². The van der Waals surface area contributed by atoms with Crippen LogP contribution in [0.3, 0.4) is 0 Å². The van der Waals surface area contributed by atoms with Crippen LogP contribution in [0.4, 0.5) is 4.39 Å². The Morgan fingerprint density at radius 3 is 2.65 bits per heavy atom. The van der Waals surface area contributed by atoms with Gasteiger partial charge < -0.3 is 4.42 Å². The molecule has 0 aliphatic rings. The van der Waals surface area contributed by atoms with Crippen LogP contribution in [0, 0.1) is 19.7 Å². The van der Waals surface area contributed by atoms with Crippen molar-refractivity contribution in [2.24, 2.45) is 7.05 Å². The van der Waals surface area contributed by atoms with Crippen LogP contribution in [-0.2, 0) is 17.1 Å². The SMILES string of the molecule is Cc1ccc(S(=O)(=O)NC(=O)c2oc(-c3cnn(C)c3)nc2C)c(F)c1. The topological polar surface area (TPSA) is 107 Å². The Morgan fingerprint density at radius 1 is 1.31 bits per heavy atom. The summed E-state index contributed by atoms with van der Waals surface area (Å²) in [7, 11) is -2.70. The number of benzene rings is 1. The molecule has 26 heavy (non-hydrogen) atoms. The van der Waals surface area contributed by atoms with E-state index in [1.54, 1.807) is 24.9 Å². The zero-order valence-electron chi connectivity index (χ0n) is 14.1. The number of oxazole rings is 1. The van der Waals surface area contributed by atoms with Crippen LogP contribution in [0.1, 0.15) is 21.8 Å². The number of nitrogens with one attached hydrogen (secondary N) is 1. The molecule has 0 fully saturated rings. The number of hydrogen-bond acceptors (Lipinski definition) is 6. The van der Waals surface area contributed by atoms with Gasteiger partial charge in [0.2, 0.25) is 11.7 Å². The molecular formula is C16H15FN4O4S. The van der Waals surface area contributed by atoms with Crippen LogP contribution in [0.25, 0.3) is 11.5 Å². The standard InChI is InChI=1S/C16H15FN4O4S/c1-9-4-5-13(12(17)6-9)26(23,24)20-15(22)14-10(2)19-16(25-14)11-7-18-21(3)8-11/h4-8H,1-3H3,(H,20,22). The van der Waals surface area contributed by atoms with Gasteiger partial charge in [-0.1, -0.05) is 6.07 Å². The molecule has 136 valence electrons. The van der Waals surface area contributed by atoms with Crippen LogP contribution < -0.4 is 4.72 Å². The first-order valence-corrected chi connectivity index (χ1v) is 8.95. The van der Waals surface area contributed by atoms with Gasteiger partial charge in [-0.2, -0.15) is 5.10 Å². The molecule has 0 unspecified atom stereocenters. The fourth-order valence-electron chi connectivity index (χ4n) is 2.31. The quantitative estimate of drug-likeness (QED) is 0.744. The van der Waals surface area contributed by atoms with E-state index in [4.69, 9.17) is 4.42 Å². The van der Waals surface area contributed by atoms with Crippen LogP contribution >= 0.6 is 0 Å². The molecule has 1 N–H and O–H groups in total. The normalized spacial score (nSPS) is 11.5. The highest BCUT2D eigenvalue weighted by Gasteiger charge is 2.26. The molecule has 10 heteroatoms. The Bertz CT molecular complexity index is 1100. The minimum Gasteiger partial charge on any atom is -0.430 e. The monoisotopic (exact) mass is 378 g/mol. The molecule has 8 nitrogen and oxygen atoms in total. The second-order valence-corrected chi connectivity index (χ2v) is 7.36. The van der Waals surface area contributed by atoms with Crippen molar-refractivity contribution in [1.29, 1.82) is 0 Å². The van der Waals surface area contributed by atoms with E-state index < -0.39 is 26.6 Å². The maximum absolute atomic E-state index is 13.9. The summed E-state index contributed by atoms with van der Waals surface area (Å²) in [5.74, 6) is -2.14. The van der Waals surface area contributed by atoms with Crippen molar-refractivity contribution >= 4 is 15.9 Å². The molecule has 2 aromatic heterocycles. The van der Waals surface area contributed by atoms with Crippen molar-refractivity contribution in [3.8, 4) is 11.5 Å². The van der Waals surface area contributed by atoms with Crippen molar-refractivity contribution in [2.45, 2.75) is 18.7 Å². The summed E-state index contributed by atoms with van der Waals surface area (Å²) >= 11 is 0. The molecule has 0 spiro atoms. The molecule has 0 saturated heterocycles. The van der Waals surface area contributed by atoms with Gasteiger partial charge in [-0.05, 0) is 31.5 Å². The highest BCUT2D eigenvalue weighted by Crippen LogP contribution is 2.22. The van der Waals surface area contributed by atoms with Crippen LogP contribution in [0.5, 0.6) is 0 Å². The number of aromatic nitrogens is 3. The Hall–Kier alpha value is -3.01. The molecule has 1 aromatic carbocycles. The average molecular weight is 378 g/mol. The fourth-order valence-corrected chi connectivity index (χ4v) is 3.32. The Kier molecular flexibility index (Phi) is 4.36. The van der Waals surface area contributed by atoms with E-state index in [2.05, 4.69) is 10.1 Å². The third kappa shape index (κ3) is 3.36. The maximum Gasteiger partial charge on any atom is 0.302 e. The van der Waals surface area contributed by atoms with Gasteiger partial charge in [-0.25, -0.2) is 22.5 Å². The second-order valence-electron chi connectivity index (χ2n) is 5.70. The molecule has 0 aliphatic heterocycles. The molecule has 3 rings (SSSR count). The lowest BCUT2D eigenvalue weighted by Crippen LogP contribution is -2.31. The van der Waals surface area contributed by atoms with Gasteiger partial charge in [-0.15, -0.1) is 0 Å². The Balaban J connectivity index is 1.89. The highest BCUT2D eigenvalue weighted by molar-refractivity contribution is 7.90. The molecule has 2 heterocycles. The zero-order chi connectivity index (χ0) is 19.1. The highest BCUT2D eigenvalue weighted by atomic mass is 32.2. The van der Waals surface area contributed by atoms with E-state index in [0.717, 1.165) is 12.1 Å². The number of carbonyl (C=O) groups excluding carboxylic acids is 1. The Labute approximate surface area is 148 Å². The number of sulfonamides is 1. The van der Waals surface area contributed by atoms with E-state index in [1.807, 2.05) is 0 Å². The smallest absolute Gasteiger partial charge is 0.302 e. The lowest BCUT2D eigenvalue weighted by atomic mass is 10.2. The summed E-state index contributed by atoms with van der Waals surface area (Å²) in [5, 5.41) is 3.97. The lowest BCUT2D eigenvalue weighted by molar-refractivity contribution is 0.0954. The average Bonchev–Trinajstić information content (AvgIpc) is 3.12. The number of carbonyl (C=O) groups is 1. The number of amides is 1. The van der Waals surface area contributed by atoms with E-state index in [9.17, 15) is 17.6 Å². The first-order valence-electron chi connectivity index (χ1n) is 7.47. The van der Waals surface area contributed by atoms with Gasteiger partial charge >= 0.3 is 5.91 Å². The molecular weight excluding hydrogens is 363 g/mol. The van der Waals surface area contributed by atoms with Crippen LogP contribution in [-0.4, -0.2) is 29.1 Å². The van der Waals surface area contributed by atoms with Crippen molar-refractivity contribution in [3.05, 3.63) is 53.4 Å². The van der Waals surface area contributed by atoms with Crippen LogP contribution in [0.2, 0.25) is 0 Å². The minimum atomic E-state index is -4.40. The molecule has 0 aliphatic carbocycles. The van der Waals surface area contributed by atoms with Gasteiger partial charge in [-0.3, -0.25) is 9.48 Å². The summed E-state index contributed by atoms with van der Waals surface area (Å²) in [5.41, 5.74) is 1.28. The molecule has 0 atom stereocenters. The molecule has 0 bridgehead atoms. The molecule has 1 amide bonds. The maximum atomic E-state index is 13.9. The lowest BCUT2D eigenvalue weighted by Gasteiger charge is -2.07. The van der Waals surface area contributed by atoms with Crippen LogP contribution in [0.15, 0.2) is 39.9 Å². The van der Waals surface area contributed by atoms with E-state index in [0.29, 0.717) is 11.1 Å². The predicted octanol–water partition coefficient (Wildman–Crippen LogP) is 1.95. The summed E-state index contributed by atoms with van der Waals surface area (Å²) < 4.78 is 47.2. The fraction of sp³-hybridized carbons (Fsp3) is 0.188. The van der Waals surface area contributed by atoms with Gasteiger partial charge in [0.1, 0.15) is 10.7 Å². The largest absolute Gasteiger partial charge is 0.430 e. The number of halogens is 1. The first kappa shape index (κ1) is 17.8. The van der Waals surface area contributed by atoms with Gasteiger partial charge in [0.05, 0.1) is 17.5 Å². The summed E-state index contributed by atoms with van der Waals surface area (Å²) in [6.07, 6.45) is 3.12. The van der Waals surface area contributed by atoms with E-state index in [1.165, 1.54) is 23.9 Å². The van der Waals surface area contributed by atoms with Crippen molar-refractivity contribution < 1.29 is 22.0 Å². The summed E-state index contributed by atoms with van der Waals surface area (Å²) in [4.78, 5) is 15.8. The molecule has 3 aromatic rings. The number of aryl methyl sites for hydroxylation is 3. The molecule has 0 saturated carbocycles. The third-order valence-electron chi connectivity index (χ3n) is 3.56. The minimum absolute atomic E-state index is 0.125. The third-order valence-corrected chi connectivity index (χ3v) is 4.92. The predicted molar refractivity (Wildman–Crippen MR) is 89.2 cm³/mol. The first-order chi connectivity index (χ1) is 12.2. The number of rotatable bonds is 4.